The minimum atomic E-state index is -0.340. The maximum absolute atomic E-state index is 13.2. The van der Waals surface area contributed by atoms with Crippen molar-refractivity contribution < 1.29 is 9.59 Å². The molecule has 0 aliphatic carbocycles. The average molecular weight is 542 g/mol. The van der Waals surface area contributed by atoms with Crippen LogP contribution >= 0.6 is 0 Å². The van der Waals surface area contributed by atoms with Crippen molar-refractivity contribution in [1.29, 1.82) is 0 Å². The highest BCUT2D eigenvalue weighted by atomic mass is 16.2. The Bertz CT molecular complexity index is 1540. The number of aryl methyl sites for hydroxylation is 1. The Labute approximate surface area is 233 Å². The highest BCUT2D eigenvalue weighted by Crippen LogP contribution is 2.27. The molecule has 0 aliphatic rings. The van der Waals surface area contributed by atoms with Crippen LogP contribution in [0.5, 0.6) is 0 Å². The number of pyridine rings is 1. The second-order valence-corrected chi connectivity index (χ2v) is 10.8. The van der Waals surface area contributed by atoms with Crippen molar-refractivity contribution in [2.75, 3.05) is 23.0 Å². The number of amides is 2. The standard InChI is InChI=1S/C29H35N9O2/c1-17(2)34-24-13-25(33-16-32-24)38-26(12-23(37-38)28(40)30-7)36-22-10-19(9-8-18(22)3)27(39)35-21-11-20(14-31-15-21)29(4,5)6/h8-17,36H,1-7H3,(H,30,40)(H,35,39)(H,32,33,34). The topological polar surface area (TPSA) is 139 Å². The van der Waals surface area contributed by atoms with E-state index in [-0.39, 0.29) is 29.0 Å². The van der Waals surface area contributed by atoms with Gasteiger partial charge >= 0.3 is 0 Å². The molecule has 4 aromatic rings. The molecule has 3 aromatic heterocycles. The molecule has 0 radical (unpaired) electrons. The number of carbonyl (C=O) groups is 2. The summed E-state index contributed by atoms with van der Waals surface area (Å²) in [6.07, 6.45) is 4.87. The molecule has 3 heterocycles. The molecule has 11 nitrogen and oxygen atoms in total. The lowest BCUT2D eigenvalue weighted by Crippen LogP contribution is -2.18. The molecule has 0 atom stereocenters. The summed E-state index contributed by atoms with van der Waals surface area (Å²) in [6, 6.07) is 10.9. The number of benzene rings is 1. The highest BCUT2D eigenvalue weighted by Gasteiger charge is 2.19. The van der Waals surface area contributed by atoms with Crippen molar-refractivity contribution in [3.63, 3.8) is 0 Å². The van der Waals surface area contributed by atoms with Crippen molar-refractivity contribution in [3.05, 3.63) is 77.5 Å². The van der Waals surface area contributed by atoms with Gasteiger partial charge in [0.25, 0.3) is 11.8 Å². The van der Waals surface area contributed by atoms with E-state index in [1.165, 1.54) is 11.0 Å². The summed E-state index contributed by atoms with van der Waals surface area (Å²) in [6.45, 7) is 12.2. The molecule has 1 aromatic carbocycles. The first-order valence-corrected chi connectivity index (χ1v) is 13.0. The molecule has 0 fully saturated rings. The van der Waals surface area contributed by atoms with Crippen LogP contribution in [-0.4, -0.2) is 49.6 Å². The van der Waals surface area contributed by atoms with Crippen molar-refractivity contribution in [1.82, 2.24) is 30.0 Å². The first-order chi connectivity index (χ1) is 18.9. The van der Waals surface area contributed by atoms with Crippen molar-refractivity contribution in [3.8, 4) is 5.82 Å². The van der Waals surface area contributed by atoms with Gasteiger partial charge in [0.1, 0.15) is 18.0 Å². The fourth-order valence-corrected chi connectivity index (χ4v) is 3.88. The van der Waals surface area contributed by atoms with Gasteiger partial charge in [0.05, 0.1) is 11.9 Å². The van der Waals surface area contributed by atoms with E-state index in [0.29, 0.717) is 34.4 Å². The molecule has 0 aliphatic heterocycles. The van der Waals surface area contributed by atoms with Crippen molar-refractivity contribution in [2.24, 2.45) is 0 Å². The van der Waals surface area contributed by atoms with Crippen LogP contribution in [0.4, 0.5) is 23.0 Å². The second kappa shape index (κ2) is 11.5. The maximum Gasteiger partial charge on any atom is 0.271 e. The van der Waals surface area contributed by atoms with Gasteiger partial charge in [0, 0.05) is 42.7 Å². The van der Waals surface area contributed by atoms with Gasteiger partial charge in [0.15, 0.2) is 11.5 Å². The number of hydrogen-bond acceptors (Lipinski definition) is 8. The predicted octanol–water partition coefficient (Wildman–Crippen LogP) is 4.84. The molecule has 0 bridgehead atoms. The van der Waals surface area contributed by atoms with Gasteiger partial charge < -0.3 is 21.3 Å². The molecule has 0 spiro atoms. The third-order valence-corrected chi connectivity index (χ3v) is 6.10. The summed E-state index contributed by atoms with van der Waals surface area (Å²) in [5, 5.41) is 16.6. The molecule has 11 heteroatoms. The summed E-state index contributed by atoms with van der Waals surface area (Å²) in [4.78, 5) is 38.5. The van der Waals surface area contributed by atoms with Gasteiger partial charge in [-0.3, -0.25) is 14.6 Å². The summed E-state index contributed by atoms with van der Waals surface area (Å²) in [5.41, 5.74) is 3.78. The lowest BCUT2D eigenvalue weighted by molar-refractivity contribution is 0.0956. The monoisotopic (exact) mass is 541 g/mol. The third kappa shape index (κ3) is 6.60. The molecular weight excluding hydrogens is 506 g/mol. The van der Waals surface area contributed by atoms with Crippen LogP contribution in [0.1, 0.15) is 66.6 Å². The molecule has 4 N–H and O–H groups in total. The van der Waals surface area contributed by atoms with Gasteiger partial charge in [-0.15, -0.1) is 0 Å². The van der Waals surface area contributed by atoms with E-state index in [0.717, 1.165) is 11.1 Å². The first-order valence-electron chi connectivity index (χ1n) is 13.0. The van der Waals surface area contributed by atoms with E-state index in [9.17, 15) is 9.59 Å². The molecule has 4 rings (SSSR count). The van der Waals surface area contributed by atoms with Gasteiger partial charge in [0.2, 0.25) is 0 Å². The fourth-order valence-electron chi connectivity index (χ4n) is 3.88. The molecule has 0 unspecified atom stereocenters. The maximum atomic E-state index is 13.2. The van der Waals surface area contributed by atoms with E-state index in [4.69, 9.17) is 0 Å². The molecule has 0 saturated carbocycles. The van der Waals surface area contributed by atoms with E-state index in [2.05, 4.69) is 62.1 Å². The summed E-state index contributed by atoms with van der Waals surface area (Å²) >= 11 is 0. The molecule has 0 saturated heterocycles. The number of hydrogen-bond donors (Lipinski definition) is 4. The average Bonchev–Trinajstić information content (AvgIpc) is 3.32. The first kappa shape index (κ1) is 28.2. The second-order valence-electron chi connectivity index (χ2n) is 10.8. The zero-order valence-corrected chi connectivity index (χ0v) is 23.8. The van der Waals surface area contributed by atoms with Crippen LogP contribution in [0, 0.1) is 6.92 Å². The molecule has 40 heavy (non-hydrogen) atoms. The lowest BCUT2D eigenvalue weighted by Gasteiger charge is -2.19. The Kier molecular flexibility index (Phi) is 8.13. The zero-order chi connectivity index (χ0) is 29.0. The quantitative estimate of drug-likeness (QED) is 0.249. The van der Waals surface area contributed by atoms with Crippen LogP contribution in [0.15, 0.2) is 55.1 Å². The Morgan fingerprint density at radius 1 is 0.975 bits per heavy atom. The minimum Gasteiger partial charge on any atom is -0.368 e. The van der Waals surface area contributed by atoms with Gasteiger partial charge in [-0.1, -0.05) is 26.8 Å². The summed E-state index contributed by atoms with van der Waals surface area (Å²) in [5.74, 6) is 0.981. The van der Waals surface area contributed by atoms with Gasteiger partial charge in [-0.05, 0) is 55.5 Å². The highest BCUT2D eigenvalue weighted by molar-refractivity contribution is 6.05. The lowest BCUT2D eigenvalue weighted by atomic mass is 9.88. The van der Waals surface area contributed by atoms with E-state index in [1.807, 2.05) is 32.9 Å². The van der Waals surface area contributed by atoms with Crippen molar-refractivity contribution >= 4 is 34.8 Å². The summed E-state index contributed by atoms with van der Waals surface area (Å²) in [7, 11) is 1.54. The van der Waals surface area contributed by atoms with Gasteiger partial charge in [-0.2, -0.15) is 9.78 Å². The van der Waals surface area contributed by atoms with E-state index in [1.54, 1.807) is 43.7 Å². The number of carbonyl (C=O) groups excluding carboxylic acids is 2. The third-order valence-electron chi connectivity index (χ3n) is 6.10. The largest absolute Gasteiger partial charge is 0.368 e. The SMILES string of the molecule is CNC(=O)c1cc(Nc2cc(C(=O)Nc3cncc(C(C)(C)C)c3)ccc2C)n(-c2cc(NC(C)C)ncn2)n1. The van der Waals surface area contributed by atoms with E-state index < -0.39 is 0 Å². The zero-order valence-electron chi connectivity index (χ0n) is 23.8. The minimum absolute atomic E-state index is 0.0968. The predicted molar refractivity (Wildman–Crippen MR) is 157 cm³/mol. The number of nitrogens with one attached hydrogen (secondary N) is 4. The van der Waals surface area contributed by atoms with E-state index >= 15 is 0 Å². The Hall–Kier alpha value is -4.80. The fraction of sp³-hybridized carbons (Fsp3) is 0.310. The van der Waals surface area contributed by atoms with Crippen LogP contribution in [0.3, 0.4) is 0 Å². The molecular formula is C29H35N9O2. The van der Waals surface area contributed by atoms with Crippen LogP contribution in [-0.2, 0) is 5.41 Å². The van der Waals surface area contributed by atoms with Crippen LogP contribution < -0.4 is 21.3 Å². The number of anilines is 4. The van der Waals surface area contributed by atoms with Crippen molar-refractivity contribution in [2.45, 2.75) is 53.0 Å². The summed E-state index contributed by atoms with van der Waals surface area (Å²) < 4.78 is 1.54. The van der Waals surface area contributed by atoms with Crippen LogP contribution in [0.25, 0.3) is 5.82 Å². The Morgan fingerprint density at radius 3 is 2.45 bits per heavy atom. The smallest absolute Gasteiger partial charge is 0.271 e. The number of nitrogens with zero attached hydrogens (tertiary/aromatic N) is 5. The normalized spacial score (nSPS) is 11.3. The molecule has 208 valence electrons. The van der Waals surface area contributed by atoms with Crippen LogP contribution in [0.2, 0.25) is 0 Å². The number of rotatable bonds is 8. The Morgan fingerprint density at radius 2 is 1.75 bits per heavy atom. The Balaban J connectivity index is 1.65. The van der Waals surface area contributed by atoms with Gasteiger partial charge in [-0.25, -0.2) is 9.97 Å². The number of aromatic nitrogens is 5. The molecule has 2 amide bonds.